The van der Waals surface area contributed by atoms with Crippen LogP contribution < -0.4 is 10.1 Å². The second-order valence-electron chi connectivity index (χ2n) is 3.66. The van der Waals surface area contributed by atoms with Crippen LogP contribution in [0.3, 0.4) is 0 Å². The normalized spacial score (nSPS) is 10.0. The summed E-state index contributed by atoms with van der Waals surface area (Å²) in [5.74, 6) is 0.273. The van der Waals surface area contributed by atoms with Gasteiger partial charge in [0.25, 0.3) is 5.91 Å². The third kappa shape index (κ3) is 4.54. The van der Waals surface area contributed by atoms with Crippen molar-refractivity contribution in [2.45, 2.75) is 0 Å². The van der Waals surface area contributed by atoms with Crippen LogP contribution in [0.25, 0.3) is 0 Å². The van der Waals surface area contributed by atoms with Crippen molar-refractivity contribution < 1.29 is 9.53 Å². The van der Waals surface area contributed by atoms with E-state index in [2.05, 4.69) is 26.2 Å². The highest BCUT2D eigenvalue weighted by Gasteiger charge is 2.04. The number of carbonyl (C=O) groups is 1. The van der Waals surface area contributed by atoms with Crippen LogP contribution in [0.15, 0.2) is 47.2 Å². The van der Waals surface area contributed by atoms with Crippen molar-refractivity contribution >= 4 is 39.1 Å². The van der Waals surface area contributed by atoms with Crippen LogP contribution in [0.1, 0.15) is 0 Å². The molecule has 1 amide bonds. The Hall–Kier alpha value is -1.59. The summed E-state index contributed by atoms with van der Waals surface area (Å²) in [7, 11) is 0. The third-order valence-corrected chi connectivity index (χ3v) is 2.88. The number of benzene rings is 1. The molecule has 1 heterocycles. The van der Waals surface area contributed by atoms with Gasteiger partial charge in [0.1, 0.15) is 10.4 Å². The van der Waals surface area contributed by atoms with E-state index in [1.165, 1.54) is 6.20 Å². The third-order valence-electron chi connectivity index (χ3n) is 2.18. The second-order valence-corrected chi connectivity index (χ2v) is 4.91. The average molecular weight is 342 g/mol. The van der Waals surface area contributed by atoms with Gasteiger partial charge in [0, 0.05) is 10.7 Å². The van der Waals surface area contributed by atoms with E-state index in [9.17, 15) is 4.79 Å². The van der Waals surface area contributed by atoms with E-state index in [4.69, 9.17) is 16.3 Å². The van der Waals surface area contributed by atoms with Crippen molar-refractivity contribution in [2.75, 3.05) is 11.9 Å². The summed E-state index contributed by atoms with van der Waals surface area (Å²) >= 11 is 9.04. The Morgan fingerprint density at radius 3 is 2.89 bits per heavy atom. The number of amides is 1. The standard InChI is InChI=1S/C13H10BrClN2O2/c14-12-5-4-11(7-16-12)19-8-13(18)17-10-3-1-2-9(15)6-10/h1-7H,8H2,(H,17,18). The fraction of sp³-hybridized carbons (Fsp3) is 0.0769. The zero-order chi connectivity index (χ0) is 13.7. The van der Waals surface area contributed by atoms with Gasteiger partial charge < -0.3 is 10.1 Å². The molecule has 0 aliphatic carbocycles. The van der Waals surface area contributed by atoms with Crippen LogP contribution in [-0.2, 0) is 4.79 Å². The molecule has 4 nitrogen and oxygen atoms in total. The molecule has 19 heavy (non-hydrogen) atoms. The molecule has 1 aromatic heterocycles. The van der Waals surface area contributed by atoms with Gasteiger partial charge in [0.2, 0.25) is 0 Å². The Labute approximate surface area is 123 Å². The first kappa shape index (κ1) is 13.8. The molecule has 0 fully saturated rings. The summed E-state index contributed by atoms with van der Waals surface area (Å²) in [5, 5.41) is 3.25. The Morgan fingerprint density at radius 1 is 1.37 bits per heavy atom. The molecular formula is C13H10BrClN2O2. The first-order valence-corrected chi connectivity index (χ1v) is 6.60. The lowest BCUT2D eigenvalue weighted by Gasteiger charge is -2.07. The summed E-state index contributed by atoms with van der Waals surface area (Å²) in [6, 6.07) is 10.4. The summed E-state index contributed by atoms with van der Waals surface area (Å²) in [5.41, 5.74) is 0.634. The summed E-state index contributed by atoms with van der Waals surface area (Å²) in [4.78, 5) is 15.7. The molecule has 0 radical (unpaired) electrons. The minimum Gasteiger partial charge on any atom is -0.482 e. The van der Waals surface area contributed by atoms with Crippen molar-refractivity contribution in [2.24, 2.45) is 0 Å². The van der Waals surface area contributed by atoms with E-state index in [1.807, 2.05) is 0 Å². The monoisotopic (exact) mass is 340 g/mol. The Kier molecular flexibility index (Phi) is 4.76. The molecule has 6 heteroatoms. The second kappa shape index (κ2) is 6.54. The van der Waals surface area contributed by atoms with E-state index in [0.717, 1.165) is 0 Å². The molecule has 98 valence electrons. The number of hydrogen-bond donors (Lipinski definition) is 1. The van der Waals surface area contributed by atoms with Gasteiger partial charge in [-0.2, -0.15) is 0 Å². The van der Waals surface area contributed by atoms with E-state index in [-0.39, 0.29) is 12.5 Å². The van der Waals surface area contributed by atoms with Crippen LogP contribution in [0.4, 0.5) is 5.69 Å². The predicted molar refractivity (Wildman–Crippen MR) is 77.5 cm³/mol. The van der Waals surface area contributed by atoms with Crippen molar-refractivity contribution in [3.05, 3.63) is 52.2 Å². The first-order chi connectivity index (χ1) is 9.13. The van der Waals surface area contributed by atoms with Crippen LogP contribution in [-0.4, -0.2) is 17.5 Å². The maximum Gasteiger partial charge on any atom is 0.262 e. The van der Waals surface area contributed by atoms with Gasteiger partial charge in [-0.15, -0.1) is 0 Å². The number of rotatable bonds is 4. The number of aromatic nitrogens is 1. The lowest BCUT2D eigenvalue weighted by Crippen LogP contribution is -2.20. The number of anilines is 1. The van der Waals surface area contributed by atoms with Crippen LogP contribution in [0.2, 0.25) is 5.02 Å². The molecule has 0 spiro atoms. The minimum atomic E-state index is -0.259. The van der Waals surface area contributed by atoms with Crippen LogP contribution >= 0.6 is 27.5 Å². The van der Waals surface area contributed by atoms with Crippen molar-refractivity contribution in [1.82, 2.24) is 4.98 Å². The quantitative estimate of drug-likeness (QED) is 0.866. The van der Waals surface area contributed by atoms with Gasteiger partial charge in [-0.3, -0.25) is 4.79 Å². The number of hydrogen-bond acceptors (Lipinski definition) is 3. The zero-order valence-electron chi connectivity index (χ0n) is 9.77. The molecule has 0 bridgehead atoms. The minimum absolute atomic E-state index is 0.0875. The van der Waals surface area contributed by atoms with E-state index < -0.39 is 0 Å². The number of pyridine rings is 1. The maximum absolute atomic E-state index is 11.7. The van der Waals surface area contributed by atoms with Gasteiger partial charge in [-0.1, -0.05) is 17.7 Å². The smallest absolute Gasteiger partial charge is 0.262 e. The summed E-state index contributed by atoms with van der Waals surface area (Å²) in [6.07, 6.45) is 1.54. The molecule has 2 rings (SSSR count). The number of nitrogens with zero attached hydrogens (tertiary/aromatic N) is 1. The molecule has 0 saturated carbocycles. The van der Waals surface area contributed by atoms with Gasteiger partial charge in [-0.05, 0) is 46.3 Å². The topological polar surface area (TPSA) is 51.2 Å². The number of nitrogens with one attached hydrogen (secondary N) is 1. The molecule has 0 aliphatic rings. The van der Waals surface area contributed by atoms with Gasteiger partial charge in [0.05, 0.1) is 6.20 Å². The number of ether oxygens (including phenoxy) is 1. The van der Waals surface area contributed by atoms with Gasteiger partial charge >= 0.3 is 0 Å². The Balaban J connectivity index is 1.86. The number of carbonyl (C=O) groups excluding carboxylic acids is 1. The molecule has 1 N–H and O–H groups in total. The van der Waals surface area contributed by atoms with Crippen LogP contribution in [0.5, 0.6) is 5.75 Å². The largest absolute Gasteiger partial charge is 0.482 e. The van der Waals surface area contributed by atoms with Gasteiger partial charge in [-0.25, -0.2) is 4.98 Å². The predicted octanol–water partition coefficient (Wildman–Crippen LogP) is 3.52. The Bertz CT molecular complexity index is 575. The van der Waals surface area contributed by atoms with Gasteiger partial charge in [0.15, 0.2) is 6.61 Å². The average Bonchev–Trinajstić information content (AvgIpc) is 2.38. The highest BCUT2D eigenvalue weighted by molar-refractivity contribution is 9.10. The molecule has 2 aromatic rings. The highest BCUT2D eigenvalue weighted by Crippen LogP contribution is 2.15. The van der Waals surface area contributed by atoms with Crippen molar-refractivity contribution in [3.8, 4) is 5.75 Å². The van der Waals surface area contributed by atoms with Crippen molar-refractivity contribution in [1.29, 1.82) is 0 Å². The molecular weight excluding hydrogens is 332 g/mol. The summed E-state index contributed by atoms with van der Waals surface area (Å²) < 4.78 is 6.01. The van der Waals surface area contributed by atoms with E-state index in [0.29, 0.717) is 21.1 Å². The molecule has 0 saturated heterocycles. The highest BCUT2D eigenvalue weighted by atomic mass is 79.9. The molecule has 0 aliphatic heterocycles. The fourth-order valence-corrected chi connectivity index (χ4v) is 1.78. The Morgan fingerprint density at radius 2 is 2.21 bits per heavy atom. The van der Waals surface area contributed by atoms with E-state index in [1.54, 1.807) is 36.4 Å². The first-order valence-electron chi connectivity index (χ1n) is 5.43. The van der Waals surface area contributed by atoms with Crippen LogP contribution in [0, 0.1) is 0 Å². The van der Waals surface area contributed by atoms with E-state index >= 15 is 0 Å². The zero-order valence-corrected chi connectivity index (χ0v) is 12.1. The lowest BCUT2D eigenvalue weighted by atomic mass is 10.3. The molecule has 0 unspecified atom stereocenters. The fourth-order valence-electron chi connectivity index (χ4n) is 1.36. The maximum atomic E-state index is 11.7. The molecule has 1 aromatic carbocycles. The van der Waals surface area contributed by atoms with Crippen molar-refractivity contribution in [3.63, 3.8) is 0 Å². The number of halogens is 2. The lowest BCUT2D eigenvalue weighted by molar-refractivity contribution is -0.118. The SMILES string of the molecule is O=C(COc1ccc(Br)nc1)Nc1cccc(Cl)c1. The molecule has 0 atom stereocenters. The summed E-state index contributed by atoms with van der Waals surface area (Å²) in [6.45, 7) is -0.0875.